The van der Waals surface area contributed by atoms with Gasteiger partial charge in [0.05, 0.1) is 51.6 Å². The van der Waals surface area contributed by atoms with Crippen LogP contribution in [0.25, 0.3) is 33.1 Å². The van der Waals surface area contributed by atoms with Gasteiger partial charge in [-0.3, -0.25) is 14.1 Å². The minimum absolute atomic E-state index is 0.0181. The van der Waals surface area contributed by atoms with Crippen molar-refractivity contribution >= 4 is 68.0 Å². The lowest BCUT2D eigenvalue weighted by Crippen LogP contribution is -2.43. The molecule has 1 aliphatic carbocycles. The van der Waals surface area contributed by atoms with E-state index in [1.54, 1.807) is 23.1 Å². The van der Waals surface area contributed by atoms with Gasteiger partial charge < -0.3 is 19.3 Å². The maximum Gasteiger partial charge on any atom is 0.410 e. The predicted octanol–water partition coefficient (Wildman–Crippen LogP) is 6.26. The number of carboxylic acid groups (broad SMARTS) is 1. The van der Waals surface area contributed by atoms with Gasteiger partial charge in [0.15, 0.2) is 5.82 Å². The van der Waals surface area contributed by atoms with Crippen LogP contribution >= 0.6 is 23.2 Å². The molecule has 4 fully saturated rings. The molecule has 2 bridgehead atoms. The Balaban J connectivity index is 1.54. The number of pyridine rings is 2. The number of hydrogen-bond acceptors (Lipinski definition) is 6. The molecule has 43 heavy (non-hydrogen) atoms. The van der Waals surface area contributed by atoms with E-state index in [-0.39, 0.29) is 50.3 Å². The summed E-state index contributed by atoms with van der Waals surface area (Å²) in [6, 6.07) is 5.77. The van der Waals surface area contributed by atoms with Gasteiger partial charge in [0, 0.05) is 53.5 Å². The van der Waals surface area contributed by atoms with Crippen LogP contribution in [-0.4, -0.2) is 78.3 Å². The number of methoxy groups -OCH3 is 1. The summed E-state index contributed by atoms with van der Waals surface area (Å²) in [5.74, 6) is -0.727. The molecule has 1 N–H and O–H groups in total. The average Bonchev–Trinajstić information content (AvgIpc) is 3.76. The summed E-state index contributed by atoms with van der Waals surface area (Å²) in [5.41, 5.74) is 1.51. The molecule has 2 unspecified atom stereocenters. The van der Waals surface area contributed by atoms with Crippen LogP contribution in [0.4, 0.5) is 14.0 Å². The predicted molar refractivity (Wildman–Crippen MR) is 160 cm³/mol. The Bertz CT molecular complexity index is 1890. The highest BCUT2D eigenvalue weighted by atomic mass is 35.5. The third-order valence-corrected chi connectivity index (χ3v) is 10.7. The minimum atomic E-state index is -1.62. The molecule has 224 valence electrons. The van der Waals surface area contributed by atoms with Crippen molar-refractivity contribution in [3.05, 3.63) is 52.0 Å². The zero-order valence-corrected chi connectivity index (χ0v) is 25.4. The van der Waals surface area contributed by atoms with E-state index in [0.29, 0.717) is 47.8 Å². The maximum absolute atomic E-state index is 16.4. The first-order valence-electron chi connectivity index (χ1n) is 13.8. The van der Waals surface area contributed by atoms with Gasteiger partial charge in [0.1, 0.15) is 16.2 Å². The number of carbonyl (C=O) groups excluding carboxylic acids is 1. The van der Waals surface area contributed by atoms with Gasteiger partial charge in [-0.25, -0.2) is 19.0 Å². The van der Waals surface area contributed by atoms with Crippen molar-refractivity contribution in [1.29, 1.82) is 0 Å². The molecule has 0 spiro atoms. The van der Waals surface area contributed by atoms with Gasteiger partial charge in [0.25, 0.3) is 0 Å². The second kappa shape index (κ2) is 10.3. The van der Waals surface area contributed by atoms with Crippen LogP contribution in [-0.2, 0) is 15.5 Å². The first-order chi connectivity index (χ1) is 20.6. The van der Waals surface area contributed by atoms with Crippen LogP contribution in [0.15, 0.2) is 35.5 Å². The quantitative estimate of drug-likeness (QED) is 0.278. The number of ether oxygens (including phenoxy) is 1. The fraction of sp³-hybridized carbons (Fsp3) is 0.379. The van der Waals surface area contributed by atoms with Crippen LogP contribution < -0.4 is 0 Å². The Morgan fingerprint density at radius 3 is 2.70 bits per heavy atom. The van der Waals surface area contributed by atoms with Crippen molar-refractivity contribution in [3.8, 4) is 11.3 Å². The van der Waals surface area contributed by atoms with Gasteiger partial charge in [-0.15, -0.1) is 0 Å². The van der Waals surface area contributed by atoms with E-state index in [4.69, 9.17) is 27.9 Å². The molecule has 8 rings (SSSR count). The number of fused-ring (bicyclic) bond motifs is 4. The largest absolute Gasteiger partial charge is 0.465 e. The van der Waals surface area contributed by atoms with E-state index >= 15 is 4.39 Å². The molecular weight excluding hydrogens is 620 g/mol. The average molecular weight is 647 g/mol. The number of aromatic nitrogens is 3. The van der Waals surface area contributed by atoms with Gasteiger partial charge >= 0.3 is 12.2 Å². The fourth-order valence-electron chi connectivity index (χ4n) is 7.18. The Hall–Kier alpha value is -3.48. The van der Waals surface area contributed by atoms with Gasteiger partial charge in [-0.2, -0.15) is 0 Å². The summed E-state index contributed by atoms with van der Waals surface area (Å²) in [5, 5.41) is 11.4. The molecule has 3 aliphatic heterocycles. The number of halogens is 3. The molecule has 3 saturated heterocycles. The van der Waals surface area contributed by atoms with Crippen molar-refractivity contribution in [2.24, 2.45) is 5.92 Å². The molecule has 14 heteroatoms. The molecule has 4 aromatic rings. The van der Waals surface area contributed by atoms with E-state index in [0.717, 1.165) is 12.1 Å². The molecule has 4 aliphatic rings. The molecule has 5 atom stereocenters. The zero-order valence-electron chi connectivity index (χ0n) is 23.1. The lowest BCUT2D eigenvalue weighted by atomic mass is 9.79. The van der Waals surface area contributed by atoms with Crippen molar-refractivity contribution in [1.82, 2.24) is 24.3 Å². The first-order valence-corrected chi connectivity index (χ1v) is 16.1. The lowest BCUT2D eigenvalue weighted by molar-refractivity contribution is 0.112. The number of likely N-dealkylation sites (tertiary alicyclic amines) is 1. The smallest absolute Gasteiger partial charge is 0.410 e. The number of carbonyl (C=O) groups is 2. The lowest BCUT2D eigenvalue weighted by Gasteiger charge is -2.40. The first kappa shape index (κ1) is 28.3. The molecule has 3 aromatic heterocycles. The van der Waals surface area contributed by atoms with Crippen LogP contribution in [0.3, 0.4) is 0 Å². The summed E-state index contributed by atoms with van der Waals surface area (Å²) in [4.78, 5) is 37.0. The molecule has 0 radical (unpaired) electrons. The normalized spacial score (nSPS) is 23.7. The second-order valence-corrected chi connectivity index (χ2v) is 13.2. The number of benzene rings is 1. The van der Waals surface area contributed by atoms with E-state index in [9.17, 15) is 18.9 Å². The van der Waals surface area contributed by atoms with Crippen LogP contribution in [0, 0.1) is 11.7 Å². The highest BCUT2D eigenvalue weighted by Gasteiger charge is 2.56. The monoisotopic (exact) mass is 645 g/mol. The van der Waals surface area contributed by atoms with E-state index in [2.05, 4.69) is 9.97 Å². The summed E-state index contributed by atoms with van der Waals surface area (Å²) in [7, 11) is -0.293. The standard InChI is InChI=1S/C29H26Cl2FN5O5S/c1-42-29(40)35-8-4-7-18(35)19-10-15-26(37(19)25-13-9-20(25)36(12-13)28(38)39)16-11-33-23(14-5-3-6-17(30)21(14)31)22(32)24(16)34-27(15)43(2)41/h3,5-6,10-11,13,18,20,25H,4,7-9,12H2,1-2H3,(H,38,39)/t13-,18?,20-,25+,43?/m1/s1. The van der Waals surface area contributed by atoms with E-state index in [1.165, 1.54) is 24.5 Å². The molecule has 2 amide bonds. The Morgan fingerprint density at radius 2 is 2.00 bits per heavy atom. The van der Waals surface area contributed by atoms with Gasteiger partial charge in [-0.05, 0) is 31.4 Å². The van der Waals surface area contributed by atoms with E-state index < -0.39 is 28.8 Å². The number of amides is 2. The Labute approximate surface area is 257 Å². The summed E-state index contributed by atoms with van der Waals surface area (Å²) < 4.78 is 36.7. The van der Waals surface area contributed by atoms with Crippen LogP contribution in [0.1, 0.15) is 37.0 Å². The number of hydrogen-bond donors (Lipinski definition) is 1. The minimum Gasteiger partial charge on any atom is -0.465 e. The van der Waals surface area contributed by atoms with Crippen LogP contribution in [0.2, 0.25) is 10.0 Å². The zero-order chi connectivity index (χ0) is 30.3. The maximum atomic E-state index is 16.4. The Kier molecular flexibility index (Phi) is 6.79. The molecule has 1 saturated carbocycles. The van der Waals surface area contributed by atoms with Crippen molar-refractivity contribution in [3.63, 3.8) is 0 Å². The molecule has 10 nitrogen and oxygen atoms in total. The number of rotatable bonds is 4. The Morgan fingerprint density at radius 1 is 1.21 bits per heavy atom. The SMILES string of the molecule is COC(=O)N1CCCC1c1cc2c(S(C)=O)nc3c(F)c(-c4cccc(Cl)c4Cl)ncc3c2n1[C@H]1[C@@H]2C[C@H]1N(C(=O)O)C2. The summed E-state index contributed by atoms with van der Waals surface area (Å²) in [6.45, 7) is 0.859. The summed E-state index contributed by atoms with van der Waals surface area (Å²) in [6.07, 6.45) is 3.62. The van der Waals surface area contributed by atoms with Crippen molar-refractivity contribution < 1.29 is 28.0 Å². The third-order valence-electron chi connectivity index (χ3n) is 9.04. The van der Waals surface area contributed by atoms with Gasteiger partial charge in [-0.1, -0.05) is 35.3 Å². The highest BCUT2D eigenvalue weighted by Crippen LogP contribution is 2.53. The van der Waals surface area contributed by atoms with Crippen LogP contribution in [0.5, 0.6) is 0 Å². The molecular formula is C29H26Cl2FN5O5S. The number of nitrogens with zero attached hydrogens (tertiary/aromatic N) is 5. The van der Waals surface area contributed by atoms with Crippen molar-refractivity contribution in [2.75, 3.05) is 26.5 Å². The topological polar surface area (TPSA) is 118 Å². The second-order valence-electron chi connectivity index (χ2n) is 11.2. The third kappa shape index (κ3) is 4.13. The molecule has 6 heterocycles. The highest BCUT2D eigenvalue weighted by molar-refractivity contribution is 7.84. The van der Waals surface area contributed by atoms with Gasteiger partial charge in [0.2, 0.25) is 0 Å². The molecule has 1 aromatic carbocycles. The fourth-order valence-corrected chi connectivity index (χ4v) is 8.25. The summed E-state index contributed by atoms with van der Waals surface area (Å²) >= 11 is 12.6. The van der Waals surface area contributed by atoms with E-state index in [1.807, 2.05) is 10.6 Å². The van der Waals surface area contributed by atoms with Crippen molar-refractivity contribution in [2.45, 2.75) is 42.4 Å².